The average Bonchev–Trinajstić information content (AvgIpc) is 3.41. The lowest BCUT2D eigenvalue weighted by Crippen LogP contribution is -2.02. The first-order valence-electron chi connectivity index (χ1n) is 9.27. The molecule has 0 saturated heterocycles. The number of hydrogen-bond donors (Lipinski definition) is 1. The van der Waals surface area contributed by atoms with Crippen molar-refractivity contribution in [3.05, 3.63) is 83.3 Å². The second-order valence-corrected chi connectivity index (χ2v) is 6.97. The normalized spacial score (nSPS) is 11.2. The van der Waals surface area contributed by atoms with E-state index in [1.165, 1.54) is 6.33 Å². The van der Waals surface area contributed by atoms with Gasteiger partial charge < -0.3 is 4.98 Å². The number of fused-ring (bicyclic) bond motifs is 1. The first-order valence-corrected chi connectivity index (χ1v) is 9.65. The van der Waals surface area contributed by atoms with Crippen molar-refractivity contribution in [2.45, 2.75) is 0 Å². The number of benzene rings is 2. The van der Waals surface area contributed by atoms with Gasteiger partial charge in [-0.2, -0.15) is 5.26 Å². The number of H-pyrrole nitrogens is 1. The summed E-state index contributed by atoms with van der Waals surface area (Å²) in [6.45, 7) is 0. The number of imidazole rings is 1. The Balaban J connectivity index is 1.60. The van der Waals surface area contributed by atoms with Crippen molar-refractivity contribution in [3.63, 3.8) is 0 Å². The molecule has 5 rings (SSSR count). The van der Waals surface area contributed by atoms with Gasteiger partial charge in [0.2, 0.25) is 0 Å². The minimum atomic E-state index is 0.540. The van der Waals surface area contributed by atoms with Crippen LogP contribution in [0.2, 0.25) is 5.02 Å². The largest absolute Gasteiger partial charge is 0.338 e. The predicted octanol–water partition coefficient (Wildman–Crippen LogP) is 4.30. The SMILES string of the molecule is N#Cc1ccc2nc(/C=C/c3nnc(-c4ccncn4)n3-c3ccccc3Cl)[nH]c2c1. The first-order chi connectivity index (χ1) is 15.2. The highest BCUT2D eigenvalue weighted by Gasteiger charge is 2.17. The molecule has 0 saturated carbocycles. The number of para-hydroxylation sites is 1. The highest BCUT2D eigenvalue weighted by Crippen LogP contribution is 2.27. The highest BCUT2D eigenvalue weighted by molar-refractivity contribution is 6.32. The third-order valence-electron chi connectivity index (χ3n) is 4.61. The van der Waals surface area contributed by atoms with Crippen LogP contribution in [-0.2, 0) is 0 Å². The van der Waals surface area contributed by atoms with Crippen LogP contribution in [-0.4, -0.2) is 34.7 Å². The third kappa shape index (κ3) is 3.54. The molecule has 1 N–H and O–H groups in total. The monoisotopic (exact) mass is 424 g/mol. The molecule has 0 aliphatic carbocycles. The summed E-state index contributed by atoms with van der Waals surface area (Å²) in [5, 5.41) is 18.3. The fourth-order valence-corrected chi connectivity index (χ4v) is 3.42. The van der Waals surface area contributed by atoms with Gasteiger partial charge in [-0.05, 0) is 48.6 Å². The number of nitrogens with one attached hydrogen (secondary N) is 1. The van der Waals surface area contributed by atoms with Crippen molar-refractivity contribution in [1.29, 1.82) is 5.26 Å². The van der Waals surface area contributed by atoms with Crippen LogP contribution in [0.4, 0.5) is 0 Å². The van der Waals surface area contributed by atoms with Crippen molar-refractivity contribution in [2.75, 3.05) is 0 Å². The molecule has 3 aromatic heterocycles. The van der Waals surface area contributed by atoms with E-state index in [0.29, 0.717) is 33.8 Å². The number of halogens is 1. The van der Waals surface area contributed by atoms with Crippen LogP contribution in [0.25, 0.3) is 40.4 Å². The summed E-state index contributed by atoms with van der Waals surface area (Å²) >= 11 is 6.47. The summed E-state index contributed by atoms with van der Waals surface area (Å²) in [5.41, 5.74) is 3.47. The minimum absolute atomic E-state index is 0.540. The number of nitrogens with zero attached hydrogens (tertiary/aromatic N) is 7. The van der Waals surface area contributed by atoms with Gasteiger partial charge in [0, 0.05) is 6.20 Å². The van der Waals surface area contributed by atoms with Gasteiger partial charge in [-0.15, -0.1) is 10.2 Å². The molecule has 0 aliphatic rings. The molecule has 3 heterocycles. The molecule has 0 aliphatic heterocycles. The Bertz CT molecular complexity index is 1460. The fourth-order valence-electron chi connectivity index (χ4n) is 3.20. The van der Waals surface area contributed by atoms with E-state index < -0.39 is 0 Å². The number of nitriles is 1. The van der Waals surface area contributed by atoms with Gasteiger partial charge in [0.05, 0.1) is 33.4 Å². The van der Waals surface area contributed by atoms with Crippen molar-refractivity contribution in [1.82, 2.24) is 34.7 Å². The molecular weight excluding hydrogens is 412 g/mol. The van der Waals surface area contributed by atoms with Gasteiger partial charge in [-0.3, -0.25) is 4.57 Å². The molecule has 9 heteroatoms. The molecule has 5 aromatic rings. The van der Waals surface area contributed by atoms with Gasteiger partial charge in [-0.25, -0.2) is 15.0 Å². The first kappa shape index (κ1) is 18.7. The predicted molar refractivity (Wildman–Crippen MR) is 117 cm³/mol. The maximum Gasteiger partial charge on any atom is 0.187 e. The van der Waals surface area contributed by atoms with Crippen molar-refractivity contribution >= 4 is 34.8 Å². The Labute approximate surface area is 181 Å². The molecule has 0 amide bonds. The van der Waals surface area contributed by atoms with Crippen molar-refractivity contribution in [3.8, 4) is 23.3 Å². The molecule has 31 heavy (non-hydrogen) atoms. The van der Waals surface area contributed by atoms with E-state index >= 15 is 0 Å². The third-order valence-corrected chi connectivity index (χ3v) is 4.93. The van der Waals surface area contributed by atoms with Gasteiger partial charge in [0.15, 0.2) is 11.6 Å². The van der Waals surface area contributed by atoms with Gasteiger partial charge >= 0.3 is 0 Å². The second kappa shape index (κ2) is 7.82. The quantitative estimate of drug-likeness (QED) is 0.460. The topological polar surface area (TPSA) is 109 Å². The molecule has 0 spiro atoms. The molecule has 0 radical (unpaired) electrons. The zero-order valence-corrected chi connectivity index (χ0v) is 16.7. The number of aromatic amines is 1. The van der Waals surface area contributed by atoms with Crippen molar-refractivity contribution in [2.24, 2.45) is 0 Å². The van der Waals surface area contributed by atoms with E-state index in [2.05, 4.69) is 36.2 Å². The number of aromatic nitrogens is 7. The van der Waals surface area contributed by atoms with E-state index in [-0.39, 0.29) is 0 Å². The van der Waals surface area contributed by atoms with Crippen LogP contribution < -0.4 is 0 Å². The molecule has 0 bridgehead atoms. The summed E-state index contributed by atoms with van der Waals surface area (Å²) in [4.78, 5) is 16.0. The van der Waals surface area contributed by atoms with Gasteiger partial charge in [0.25, 0.3) is 0 Å². The Morgan fingerprint density at radius 2 is 1.97 bits per heavy atom. The Morgan fingerprint density at radius 3 is 2.77 bits per heavy atom. The molecule has 148 valence electrons. The fraction of sp³-hybridized carbons (Fsp3) is 0. The standard InChI is InChI=1S/C22H13ClN8/c23-15-3-1-2-4-19(15)31-21(29-30-22(31)17-9-10-25-13-26-17)8-7-20-27-16-6-5-14(12-24)11-18(16)28-20/h1-11,13H,(H,27,28)/b8-7+. The second-order valence-electron chi connectivity index (χ2n) is 6.56. The molecular formula is C22H13ClN8. The molecule has 0 atom stereocenters. The lowest BCUT2D eigenvalue weighted by molar-refractivity contribution is 1.03. The van der Waals surface area contributed by atoms with Crippen LogP contribution in [0.5, 0.6) is 0 Å². The maximum atomic E-state index is 9.08. The van der Waals surface area contributed by atoms with Gasteiger partial charge in [-0.1, -0.05) is 23.7 Å². The van der Waals surface area contributed by atoms with Crippen LogP contribution in [0.15, 0.2) is 61.1 Å². The molecule has 8 nitrogen and oxygen atoms in total. The van der Waals surface area contributed by atoms with E-state index in [4.69, 9.17) is 16.9 Å². The minimum Gasteiger partial charge on any atom is -0.338 e. The highest BCUT2D eigenvalue weighted by atomic mass is 35.5. The van der Waals surface area contributed by atoms with E-state index in [1.54, 1.807) is 48.7 Å². The molecule has 0 fully saturated rings. The summed E-state index contributed by atoms with van der Waals surface area (Å²) in [7, 11) is 0. The van der Waals surface area contributed by atoms with Crippen LogP contribution >= 0.6 is 11.6 Å². The van der Waals surface area contributed by atoms with Crippen LogP contribution in [0, 0.1) is 11.3 Å². The molecule has 0 unspecified atom stereocenters. The zero-order chi connectivity index (χ0) is 21.2. The summed E-state index contributed by atoms with van der Waals surface area (Å²) in [6.07, 6.45) is 6.70. The van der Waals surface area contributed by atoms with E-state index in [1.807, 2.05) is 22.8 Å². The Morgan fingerprint density at radius 1 is 1.06 bits per heavy atom. The van der Waals surface area contributed by atoms with Gasteiger partial charge in [0.1, 0.15) is 17.8 Å². The molecule has 2 aromatic carbocycles. The van der Waals surface area contributed by atoms with Crippen molar-refractivity contribution < 1.29 is 0 Å². The number of hydrogen-bond acceptors (Lipinski definition) is 6. The Kier molecular flexibility index (Phi) is 4.71. The lowest BCUT2D eigenvalue weighted by atomic mass is 10.2. The summed E-state index contributed by atoms with van der Waals surface area (Å²) in [5.74, 6) is 1.72. The summed E-state index contributed by atoms with van der Waals surface area (Å²) in [6, 6.07) is 16.6. The number of rotatable bonds is 4. The summed E-state index contributed by atoms with van der Waals surface area (Å²) < 4.78 is 1.83. The Hall–Kier alpha value is -4.35. The smallest absolute Gasteiger partial charge is 0.187 e. The lowest BCUT2D eigenvalue weighted by Gasteiger charge is -2.10. The van der Waals surface area contributed by atoms with Crippen LogP contribution in [0.1, 0.15) is 17.2 Å². The average molecular weight is 425 g/mol. The maximum absolute atomic E-state index is 9.08. The van der Waals surface area contributed by atoms with E-state index in [9.17, 15) is 0 Å². The van der Waals surface area contributed by atoms with E-state index in [0.717, 1.165) is 16.7 Å². The van der Waals surface area contributed by atoms with Crippen LogP contribution in [0.3, 0.4) is 0 Å². The zero-order valence-electron chi connectivity index (χ0n) is 15.9.